The zero-order valence-corrected chi connectivity index (χ0v) is 38.9. The van der Waals surface area contributed by atoms with Crippen molar-refractivity contribution in [2.45, 2.75) is 296 Å². The van der Waals surface area contributed by atoms with Crippen LogP contribution >= 0.6 is 0 Å². The third-order valence-corrected chi connectivity index (χ3v) is 12.3. The fourth-order valence-electron chi connectivity index (χ4n) is 8.31. The zero-order chi connectivity index (χ0) is 41.9. The number of carbonyl (C=O) groups is 3. The highest BCUT2D eigenvalue weighted by molar-refractivity contribution is 5.91. The molecule has 2 N–H and O–H groups in total. The van der Waals surface area contributed by atoms with E-state index in [2.05, 4.69) is 27.7 Å². The van der Waals surface area contributed by atoms with Crippen molar-refractivity contribution >= 4 is 17.9 Å². The second-order valence-electron chi connectivity index (χ2n) is 17.9. The van der Waals surface area contributed by atoms with Crippen molar-refractivity contribution in [3.05, 3.63) is 0 Å². The minimum atomic E-state index is -1.38. The summed E-state index contributed by atoms with van der Waals surface area (Å²) in [5, 5.41) is 0. The highest BCUT2D eigenvalue weighted by atomic mass is 16.6. The van der Waals surface area contributed by atoms with E-state index in [0.29, 0.717) is 19.4 Å². The Morgan fingerprint density at radius 1 is 0.421 bits per heavy atom. The van der Waals surface area contributed by atoms with Crippen LogP contribution in [-0.4, -0.2) is 30.1 Å². The number of hydrogen-bond donors (Lipinski definition) is 1. The van der Waals surface area contributed by atoms with Crippen molar-refractivity contribution in [1.82, 2.24) is 0 Å². The van der Waals surface area contributed by atoms with Crippen LogP contribution in [0.5, 0.6) is 0 Å². The lowest BCUT2D eigenvalue weighted by molar-refractivity contribution is -0.166. The molecular formula is C51H99NO5. The van der Waals surface area contributed by atoms with E-state index in [4.69, 9.17) is 15.2 Å². The molecule has 6 heteroatoms. The molecule has 0 saturated carbocycles. The van der Waals surface area contributed by atoms with Gasteiger partial charge in [0.15, 0.2) is 0 Å². The van der Waals surface area contributed by atoms with Crippen LogP contribution < -0.4 is 5.73 Å². The monoisotopic (exact) mass is 806 g/mol. The van der Waals surface area contributed by atoms with E-state index in [1.165, 1.54) is 167 Å². The van der Waals surface area contributed by atoms with Gasteiger partial charge in [-0.15, -0.1) is 0 Å². The van der Waals surface area contributed by atoms with Crippen molar-refractivity contribution < 1.29 is 23.9 Å². The average Bonchev–Trinajstić information content (AvgIpc) is 3.20. The van der Waals surface area contributed by atoms with Gasteiger partial charge in [-0.05, 0) is 31.6 Å². The predicted octanol–water partition coefficient (Wildman–Crippen LogP) is 16.0. The molecule has 0 aromatic heterocycles. The van der Waals surface area contributed by atoms with Gasteiger partial charge in [-0.1, -0.05) is 252 Å². The summed E-state index contributed by atoms with van der Waals surface area (Å²) >= 11 is 0. The summed E-state index contributed by atoms with van der Waals surface area (Å²) in [6.45, 7) is 9.37. The number of ether oxygens (including phenoxy) is 2. The molecule has 338 valence electrons. The first-order valence-corrected chi connectivity index (χ1v) is 25.5. The van der Waals surface area contributed by atoms with Gasteiger partial charge in [-0.25, -0.2) is 4.79 Å². The average molecular weight is 806 g/mol. The molecule has 1 unspecified atom stereocenters. The summed E-state index contributed by atoms with van der Waals surface area (Å²) in [5.41, 5.74) is 5.72. The molecule has 0 aromatic rings. The molecule has 0 radical (unpaired) electrons. The number of rotatable bonds is 45. The van der Waals surface area contributed by atoms with E-state index < -0.39 is 23.4 Å². The van der Waals surface area contributed by atoms with Crippen molar-refractivity contribution in [3.63, 3.8) is 0 Å². The van der Waals surface area contributed by atoms with E-state index in [0.717, 1.165) is 70.6 Å². The Kier molecular flexibility index (Phi) is 41.6. The zero-order valence-electron chi connectivity index (χ0n) is 38.9. The molecule has 2 atom stereocenters. The first-order chi connectivity index (χ1) is 27.8. The topological polar surface area (TPSA) is 95.7 Å². The quantitative estimate of drug-likeness (QED) is 0.0374. The number of carbonyl (C=O) groups excluding carboxylic acids is 3. The summed E-state index contributed by atoms with van der Waals surface area (Å²) in [7, 11) is 0. The van der Waals surface area contributed by atoms with E-state index in [1.54, 1.807) is 0 Å². The summed E-state index contributed by atoms with van der Waals surface area (Å²) < 4.78 is 11.3. The predicted molar refractivity (Wildman–Crippen MR) is 244 cm³/mol. The maximum Gasteiger partial charge on any atom is 0.334 e. The lowest BCUT2D eigenvalue weighted by Crippen LogP contribution is -2.56. The van der Waals surface area contributed by atoms with Crippen LogP contribution in [0.15, 0.2) is 0 Å². The van der Waals surface area contributed by atoms with Gasteiger partial charge >= 0.3 is 17.9 Å². The Morgan fingerprint density at radius 2 is 0.754 bits per heavy atom. The second-order valence-corrected chi connectivity index (χ2v) is 17.9. The molecule has 0 aliphatic rings. The largest absolute Gasteiger partial charge is 0.466 e. The minimum absolute atomic E-state index is 0.0986. The Balaban J connectivity index is 5.04. The van der Waals surface area contributed by atoms with Gasteiger partial charge in [0, 0.05) is 6.42 Å². The highest BCUT2D eigenvalue weighted by Gasteiger charge is 2.44. The van der Waals surface area contributed by atoms with Crippen molar-refractivity contribution in [2.75, 3.05) is 6.61 Å². The van der Waals surface area contributed by atoms with E-state index in [9.17, 15) is 14.4 Å². The summed E-state index contributed by atoms with van der Waals surface area (Å²) in [5.74, 6) is -1.81. The number of unbranched alkanes of at least 4 members (excludes halogenated alkanes) is 33. The Labute approximate surface area is 355 Å². The molecule has 0 aliphatic carbocycles. The molecule has 0 amide bonds. The lowest BCUT2D eigenvalue weighted by atomic mass is 9.75. The molecule has 0 fully saturated rings. The molecule has 0 saturated heterocycles. The summed E-state index contributed by atoms with van der Waals surface area (Å²) in [4.78, 5) is 40.3. The minimum Gasteiger partial charge on any atom is -0.466 e. The fourth-order valence-corrected chi connectivity index (χ4v) is 8.31. The fraction of sp³-hybridized carbons (Fsp3) is 0.941. The molecule has 0 rings (SSSR count). The highest BCUT2D eigenvalue weighted by Crippen LogP contribution is 2.32. The van der Waals surface area contributed by atoms with Crippen LogP contribution in [0, 0.1) is 5.92 Å². The van der Waals surface area contributed by atoms with Gasteiger partial charge < -0.3 is 15.2 Å². The molecule has 0 bridgehead atoms. The van der Waals surface area contributed by atoms with Gasteiger partial charge in [0.25, 0.3) is 0 Å². The second kappa shape index (κ2) is 42.7. The normalized spacial score (nSPS) is 13.1. The molecule has 0 aliphatic heterocycles. The van der Waals surface area contributed by atoms with Crippen LogP contribution in [-0.2, 0) is 23.9 Å². The van der Waals surface area contributed by atoms with Gasteiger partial charge in [-0.2, -0.15) is 0 Å². The van der Waals surface area contributed by atoms with E-state index in [1.807, 2.05) is 0 Å². The molecule has 57 heavy (non-hydrogen) atoms. The van der Waals surface area contributed by atoms with Crippen LogP contribution in [0.1, 0.15) is 291 Å². The van der Waals surface area contributed by atoms with Gasteiger partial charge in [0.1, 0.15) is 5.54 Å². The van der Waals surface area contributed by atoms with Gasteiger partial charge in [-0.3, -0.25) is 9.59 Å². The van der Waals surface area contributed by atoms with Crippen molar-refractivity contribution in [2.24, 2.45) is 11.7 Å². The first kappa shape index (κ1) is 55.6. The SMILES string of the molecule is CCCCCCCCCCCCCCCCCC(=O)OC(=O)[C@@](N)(CCCCCCCC)C(CCCCCCCC)CC(=O)OCCCCCCCCCCCC. The number of esters is 3. The maximum absolute atomic E-state index is 13.9. The lowest BCUT2D eigenvalue weighted by Gasteiger charge is -2.35. The van der Waals surface area contributed by atoms with Crippen LogP contribution in [0.4, 0.5) is 0 Å². The Morgan fingerprint density at radius 3 is 1.16 bits per heavy atom. The third kappa shape index (κ3) is 35.1. The van der Waals surface area contributed by atoms with Crippen molar-refractivity contribution in [1.29, 1.82) is 0 Å². The number of hydrogen-bond acceptors (Lipinski definition) is 6. The van der Waals surface area contributed by atoms with Crippen LogP contribution in [0.2, 0.25) is 0 Å². The molecule has 0 aromatic carbocycles. The van der Waals surface area contributed by atoms with Gasteiger partial charge in [0.2, 0.25) is 0 Å². The standard InChI is InChI=1S/C51H99NO5/c1-5-9-13-17-21-23-25-26-27-28-29-30-32-35-39-43-48(53)57-50(55)51(52,44-40-36-20-16-12-8-4)47(42-38-34-19-15-11-7-3)46-49(54)56-45-41-37-33-31-24-22-18-14-10-6-2/h47H,5-46,52H2,1-4H3/t47?,51-/m1/s1. The van der Waals surface area contributed by atoms with E-state index >= 15 is 0 Å². The van der Waals surface area contributed by atoms with Crippen LogP contribution in [0.25, 0.3) is 0 Å². The third-order valence-electron chi connectivity index (χ3n) is 12.3. The maximum atomic E-state index is 13.9. The van der Waals surface area contributed by atoms with Crippen molar-refractivity contribution in [3.8, 4) is 0 Å². The van der Waals surface area contributed by atoms with Gasteiger partial charge in [0.05, 0.1) is 13.0 Å². The smallest absolute Gasteiger partial charge is 0.334 e. The summed E-state index contributed by atoms with van der Waals surface area (Å²) in [6.07, 6.45) is 45.7. The Hall–Kier alpha value is -1.43. The molecule has 6 nitrogen and oxygen atoms in total. The molecular weight excluding hydrogens is 707 g/mol. The molecule has 0 heterocycles. The molecule has 0 spiro atoms. The first-order valence-electron chi connectivity index (χ1n) is 25.5. The van der Waals surface area contributed by atoms with Crippen LogP contribution in [0.3, 0.4) is 0 Å². The van der Waals surface area contributed by atoms with E-state index in [-0.39, 0.29) is 18.8 Å². The summed E-state index contributed by atoms with van der Waals surface area (Å²) in [6, 6.07) is 0. The Bertz CT molecular complexity index is 893. The number of nitrogens with two attached hydrogens (primary N) is 1.